The van der Waals surface area contributed by atoms with Crippen LogP contribution in [0.1, 0.15) is 17.0 Å². The van der Waals surface area contributed by atoms with Gasteiger partial charge in [0.15, 0.2) is 22.6 Å². The fourth-order valence-corrected chi connectivity index (χ4v) is 5.06. The second-order valence-corrected chi connectivity index (χ2v) is 10.4. The number of carbonyl (C=O) groups excluding carboxylic acids is 2. The number of thioether (sulfide) groups is 1. The number of amidine groups is 1. The van der Waals surface area contributed by atoms with Crippen molar-refractivity contribution in [2.45, 2.75) is 26.5 Å². The predicted octanol–water partition coefficient (Wildman–Crippen LogP) is 6.01. The van der Waals surface area contributed by atoms with Crippen LogP contribution in [0.3, 0.4) is 0 Å². The van der Waals surface area contributed by atoms with Crippen molar-refractivity contribution in [2.75, 3.05) is 23.1 Å². The smallest absolute Gasteiger partial charge is 0.482 e. The third-order valence-corrected chi connectivity index (χ3v) is 7.08. The van der Waals surface area contributed by atoms with E-state index in [4.69, 9.17) is 9.47 Å². The Bertz CT molecular complexity index is 1750. The van der Waals surface area contributed by atoms with Gasteiger partial charge in [-0.05, 0) is 55.0 Å². The van der Waals surface area contributed by atoms with Crippen molar-refractivity contribution in [3.05, 3.63) is 89.8 Å². The van der Waals surface area contributed by atoms with E-state index < -0.39 is 18.2 Å². The molecular weight excluding hydrogens is 620 g/mol. The number of benzene rings is 3. The van der Waals surface area contributed by atoms with Gasteiger partial charge in [0.25, 0.3) is 0 Å². The maximum atomic E-state index is 14.8. The summed E-state index contributed by atoms with van der Waals surface area (Å²) >= 11 is 1.11. The predicted molar refractivity (Wildman–Crippen MR) is 157 cm³/mol. The highest BCUT2D eigenvalue weighted by molar-refractivity contribution is 8.15. The molecule has 0 radical (unpaired) electrons. The minimum absolute atomic E-state index is 0.101. The minimum atomic E-state index is -4.80. The van der Waals surface area contributed by atoms with Crippen molar-refractivity contribution in [2.24, 2.45) is 4.99 Å². The lowest BCUT2D eigenvalue weighted by Crippen LogP contribution is -2.31. The average Bonchev–Trinajstić information content (AvgIpc) is 3.59. The van der Waals surface area contributed by atoms with Crippen LogP contribution in [0.25, 0.3) is 5.69 Å². The van der Waals surface area contributed by atoms with Gasteiger partial charge in [0.05, 0.1) is 23.7 Å². The number of methoxy groups -OCH3 is 1. The number of aliphatic imine (C=N–C) groups is 1. The zero-order valence-electron chi connectivity index (χ0n) is 23.7. The quantitative estimate of drug-likeness (QED) is 0.220. The molecule has 11 nitrogen and oxygen atoms in total. The monoisotopic (exact) mass is 644 g/mol. The average molecular weight is 645 g/mol. The first kappa shape index (κ1) is 31.5. The molecule has 1 aliphatic rings. The van der Waals surface area contributed by atoms with Crippen LogP contribution in [-0.2, 0) is 22.7 Å². The molecule has 0 aliphatic carbocycles. The Morgan fingerprint density at radius 3 is 2.58 bits per heavy atom. The Hall–Kier alpha value is -4.96. The number of aromatic nitrogens is 3. The lowest BCUT2D eigenvalue weighted by atomic mass is 10.1. The highest BCUT2D eigenvalue weighted by atomic mass is 32.2. The number of anilines is 2. The molecule has 1 fully saturated rings. The number of halogens is 4. The van der Waals surface area contributed by atoms with E-state index in [-0.39, 0.29) is 53.1 Å². The SMILES string of the molecule is COCc1ccc(C)cc1N1C(=O)CS/C1=N\C(=O)Nc1ccc(OCc2ncn(-c3ccc(OC(F)(F)F)cc3)n2)c(F)c1. The number of urea groups is 1. The van der Waals surface area contributed by atoms with Crippen molar-refractivity contribution < 1.29 is 41.4 Å². The largest absolute Gasteiger partial charge is 0.573 e. The van der Waals surface area contributed by atoms with E-state index in [0.717, 1.165) is 41.1 Å². The van der Waals surface area contributed by atoms with Crippen LogP contribution in [0.4, 0.5) is 33.7 Å². The van der Waals surface area contributed by atoms with E-state index in [0.29, 0.717) is 11.4 Å². The second kappa shape index (κ2) is 13.4. The number of nitrogens with zero attached hydrogens (tertiary/aromatic N) is 5. The molecular formula is C29H24F4N6O5S. The van der Waals surface area contributed by atoms with Gasteiger partial charge in [-0.2, -0.15) is 4.99 Å². The number of ether oxygens (including phenoxy) is 3. The van der Waals surface area contributed by atoms with Gasteiger partial charge in [-0.25, -0.2) is 18.9 Å². The van der Waals surface area contributed by atoms with Crippen LogP contribution in [0, 0.1) is 12.7 Å². The van der Waals surface area contributed by atoms with Crippen LogP contribution in [-0.4, -0.2) is 51.1 Å². The number of rotatable bonds is 9. The van der Waals surface area contributed by atoms with Crippen LogP contribution >= 0.6 is 11.8 Å². The Balaban J connectivity index is 1.21. The number of amides is 3. The molecule has 3 aromatic carbocycles. The van der Waals surface area contributed by atoms with Gasteiger partial charge in [-0.15, -0.1) is 18.3 Å². The van der Waals surface area contributed by atoms with Gasteiger partial charge in [0.1, 0.15) is 18.7 Å². The molecule has 16 heteroatoms. The topological polar surface area (TPSA) is 120 Å². The summed E-state index contributed by atoms with van der Waals surface area (Å²) in [5.41, 5.74) is 2.74. The molecule has 1 N–H and O–H groups in total. The number of carbonyl (C=O) groups is 2. The van der Waals surface area contributed by atoms with Crippen molar-refractivity contribution in [3.63, 3.8) is 0 Å². The highest BCUT2D eigenvalue weighted by Gasteiger charge is 2.32. The molecule has 2 heterocycles. The van der Waals surface area contributed by atoms with Crippen LogP contribution in [0.5, 0.6) is 11.5 Å². The van der Waals surface area contributed by atoms with Crippen molar-refractivity contribution in [3.8, 4) is 17.2 Å². The van der Waals surface area contributed by atoms with Gasteiger partial charge in [-0.1, -0.05) is 23.9 Å². The van der Waals surface area contributed by atoms with E-state index in [2.05, 4.69) is 25.1 Å². The summed E-state index contributed by atoms with van der Waals surface area (Å²) in [6, 6.07) is 13.5. The first-order valence-corrected chi connectivity index (χ1v) is 14.1. The molecule has 0 atom stereocenters. The number of aryl methyl sites for hydroxylation is 1. The zero-order valence-corrected chi connectivity index (χ0v) is 24.5. The first-order chi connectivity index (χ1) is 21.5. The van der Waals surface area contributed by atoms with Gasteiger partial charge >= 0.3 is 12.4 Å². The number of nitrogens with one attached hydrogen (secondary N) is 1. The van der Waals surface area contributed by atoms with E-state index in [1.54, 1.807) is 7.11 Å². The molecule has 1 aliphatic heterocycles. The summed E-state index contributed by atoms with van der Waals surface area (Å²) in [5.74, 6) is -1.27. The third-order valence-electron chi connectivity index (χ3n) is 6.16. The van der Waals surface area contributed by atoms with E-state index >= 15 is 0 Å². The summed E-state index contributed by atoms with van der Waals surface area (Å²) in [4.78, 5) is 34.9. The van der Waals surface area contributed by atoms with Gasteiger partial charge in [0, 0.05) is 24.4 Å². The minimum Gasteiger partial charge on any atom is -0.482 e. The molecule has 0 bridgehead atoms. The fraction of sp³-hybridized carbons (Fsp3) is 0.207. The van der Waals surface area contributed by atoms with E-state index in [1.165, 1.54) is 40.2 Å². The Kier molecular flexibility index (Phi) is 9.34. The summed E-state index contributed by atoms with van der Waals surface area (Å²) < 4.78 is 67.8. The third kappa shape index (κ3) is 7.96. The van der Waals surface area contributed by atoms with E-state index in [9.17, 15) is 27.2 Å². The summed E-state index contributed by atoms with van der Waals surface area (Å²) in [6.45, 7) is 1.92. The van der Waals surface area contributed by atoms with Crippen molar-refractivity contribution in [1.29, 1.82) is 0 Å². The van der Waals surface area contributed by atoms with Gasteiger partial charge < -0.3 is 19.5 Å². The van der Waals surface area contributed by atoms with E-state index in [1.807, 2.05) is 25.1 Å². The van der Waals surface area contributed by atoms with Gasteiger partial charge in [0.2, 0.25) is 5.91 Å². The molecule has 3 amide bonds. The zero-order chi connectivity index (χ0) is 32.1. The van der Waals surface area contributed by atoms with Crippen LogP contribution in [0.15, 0.2) is 72.0 Å². The normalized spacial score (nSPS) is 14.2. The number of hydrogen-bond acceptors (Lipinski definition) is 8. The maximum absolute atomic E-state index is 14.8. The summed E-state index contributed by atoms with van der Waals surface area (Å²) in [6.07, 6.45) is -3.48. The second-order valence-electron chi connectivity index (χ2n) is 9.49. The Morgan fingerprint density at radius 1 is 1.09 bits per heavy atom. The maximum Gasteiger partial charge on any atom is 0.573 e. The molecule has 45 heavy (non-hydrogen) atoms. The molecule has 0 saturated carbocycles. The lowest BCUT2D eigenvalue weighted by Gasteiger charge is -2.20. The summed E-state index contributed by atoms with van der Waals surface area (Å²) in [5, 5.41) is 6.84. The standard InChI is InChI=1S/C29H24F4N6O5S/c1-17-3-4-18(13-42-2)23(11-17)39-26(40)15-45-28(39)36-27(41)35-19-5-10-24(22(30)12-19)43-14-25-34-16-38(37-25)20-6-8-21(9-7-20)44-29(31,32)33/h3-12,16H,13-15H2,1-2H3,(H,35,41)/b36-28-. The highest BCUT2D eigenvalue weighted by Crippen LogP contribution is 2.31. The fourth-order valence-electron chi connectivity index (χ4n) is 4.21. The van der Waals surface area contributed by atoms with Crippen LogP contribution in [0.2, 0.25) is 0 Å². The molecule has 4 aromatic rings. The Morgan fingerprint density at radius 2 is 1.87 bits per heavy atom. The summed E-state index contributed by atoms with van der Waals surface area (Å²) in [7, 11) is 1.54. The number of hydrogen-bond donors (Lipinski definition) is 1. The molecule has 234 valence electrons. The van der Waals surface area contributed by atoms with Crippen molar-refractivity contribution >= 4 is 40.2 Å². The molecule has 5 rings (SSSR count). The molecule has 1 saturated heterocycles. The lowest BCUT2D eigenvalue weighted by molar-refractivity contribution is -0.274. The molecule has 0 spiro atoms. The van der Waals surface area contributed by atoms with Gasteiger partial charge in [-0.3, -0.25) is 9.69 Å². The first-order valence-electron chi connectivity index (χ1n) is 13.1. The molecule has 1 aromatic heterocycles. The van der Waals surface area contributed by atoms with Crippen molar-refractivity contribution in [1.82, 2.24) is 14.8 Å². The number of alkyl halides is 3. The molecule has 0 unspecified atom stereocenters. The van der Waals surface area contributed by atoms with Crippen LogP contribution < -0.4 is 19.7 Å². The Labute approximate surface area is 257 Å².